The highest BCUT2D eigenvalue weighted by Gasteiger charge is 2.20. The number of aromatic nitrogens is 4. The van der Waals surface area contributed by atoms with Crippen molar-refractivity contribution in [2.45, 2.75) is 65.1 Å². The van der Waals surface area contributed by atoms with Crippen molar-refractivity contribution in [2.75, 3.05) is 11.6 Å². The summed E-state index contributed by atoms with van der Waals surface area (Å²) in [7, 11) is -3.58. The van der Waals surface area contributed by atoms with Crippen LogP contribution in [-0.4, -0.2) is 52.0 Å². The molecule has 2 amide bonds. The zero-order valence-corrected chi connectivity index (χ0v) is 25.9. The van der Waals surface area contributed by atoms with Crippen molar-refractivity contribution in [1.82, 2.24) is 25.1 Å². The van der Waals surface area contributed by atoms with E-state index in [1.165, 1.54) is 16.9 Å². The van der Waals surface area contributed by atoms with E-state index in [0.717, 1.165) is 22.9 Å². The minimum Gasteiger partial charge on any atom is -0.444 e. The van der Waals surface area contributed by atoms with Gasteiger partial charge in [-0.1, -0.05) is 0 Å². The minimum absolute atomic E-state index is 0.0670. The molecule has 3 heterocycles. The van der Waals surface area contributed by atoms with Crippen molar-refractivity contribution in [2.24, 2.45) is 0 Å². The second-order valence-electron chi connectivity index (χ2n) is 11.3. The van der Waals surface area contributed by atoms with Crippen LogP contribution < -0.4 is 10.6 Å². The fourth-order valence-electron chi connectivity index (χ4n) is 4.56. The monoisotopic (exact) mass is 603 g/mol. The normalized spacial score (nSPS) is 11.7. The molecule has 0 aliphatic heterocycles. The van der Waals surface area contributed by atoms with Crippen LogP contribution in [0, 0.1) is 32.1 Å². The van der Waals surface area contributed by atoms with Gasteiger partial charge in [-0.3, -0.25) is 19.8 Å². The van der Waals surface area contributed by atoms with E-state index in [1.807, 2.05) is 32.0 Å². The summed E-state index contributed by atoms with van der Waals surface area (Å²) < 4.78 is 31.7. The molecule has 3 aromatic heterocycles. The van der Waals surface area contributed by atoms with Crippen molar-refractivity contribution in [3.63, 3.8) is 0 Å². The maximum absolute atomic E-state index is 13.1. The summed E-state index contributed by atoms with van der Waals surface area (Å²) in [6.07, 6.45) is 3.58. The third kappa shape index (κ3) is 7.52. The lowest BCUT2D eigenvalue weighted by molar-refractivity contribution is 0.0635. The number of ether oxygens (including phenoxy) is 1. The van der Waals surface area contributed by atoms with Crippen LogP contribution >= 0.6 is 0 Å². The van der Waals surface area contributed by atoms with Crippen molar-refractivity contribution in [3.8, 4) is 6.07 Å². The average Bonchev–Trinajstić information content (AvgIpc) is 3.28. The largest absolute Gasteiger partial charge is 0.444 e. The van der Waals surface area contributed by atoms with Crippen LogP contribution in [0.4, 0.5) is 10.6 Å². The second kappa shape index (κ2) is 11.8. The number of nitrogens with zero attached hydrogens (tertiary/aromatic N) is 5. The Morgan fingerprint density at radius 2 is 1.84 bits per heavy atom. The first-order chi connectivity index (χ1) is 20.0. The molecule has 0 saturated heterocycles. The Morgan fingerprint density at radius 1 is 1.12 bits per heavy atom. The summed E-state index contributed by atoms with van der Waals surface area (Å²) in [6, 6.07) is 8.84. The summed E-state index contributed by atoms with van der Waals surface area (Å²) in [5, 5.41) is 20.0. The van der Waals surface area contributed by atoms with Crippen molar-refractivity contribution >= 4 is 38.6 Å². The molecule has 0 saturated carbocycles. The number of hydrogen-bond donors (Lipinski definition) is 2. The number of anilines is 1. The van der Waals surface area contributed by atoms with Gasteiger partial charge in [0, 0.05) is 36.3 Å². The molecule has 0 atom stereocenters. The number of pyridine rings is 2. The minimum atomic E-state index is -3.58. The van der Waals surface area contributed by atoms with E-state index in [-0.39, 0.29) is 29.2 Å². The molecule has 12 nitrogen and oxygen atoms in total. The van der Waals surface area contributed by atoms with E-state index in [0.29, 0.717) is 28.0 Å². The average molecular weight is 604 g/mol. The molecule has 0 bridgehead atoms. The van der Waals surface area contributed by atoms with Gasteiger partial charge in [-0.05, 0) is 88.1 Å². The Hall–Kier alpha value is -4.83. The zero-order chi connectivity index (χ0) is 31.7. The summed E-state index contributed by atoms with van der Waals surface area (Å²) in [5.74, 6) is -0.182. The van der Waals surface area contributed by atoms with Gasteiger partial charge in [0.15, 0.2) is 15.5 Å². The Bertz CT molecular complexity index is 1880. The summed E-state index contributed by atoms with van der Waals surface area (Å²) in [6.45, 7) is 11.0. The quantitative estimate of drug-likeness (QED) is 0.312. The molecule has 224 valence electrons. The van der Waals surface area contributed by atoms with Gasteiger partial charge in [0.1, 0.15) is 17.5 Å². The molecule has 0 fully saturated rings. The Balaban J connectivity index is 1.53. The lowest BCUT2D eigenvalue weighted by atomic mass is 10.1. The molecule has 0 aliphatic carbocycles. The molecule has 0 spiro atoms. The first-order valence-corrected chi connectivity index (χ1v) is 15.3. The molecule has 13 heteroatoms. The summed E-state index contributed by atoms with van der Waals surface area (Å²) >= 11 is 0. The Labute approximate surface area is 250 Å². The zero-order valence-electron chi connectivity index (χ0n) is 25.1. The van der Waals surface area contributed by atoms with Gasteiger partial charge >= 0.3 is 6.09 Å². The van der Waals surface area contributed by atoms with Gasteiger partial charge in [-0.2, -0.15) is 10.4 Å². The number of carbonyl (C=O) groups excluding carboxylic acids is 2. The highest BCUT2D eigenvalue weighted by Crippen LogP contribution is 2.25. The number of benzene rings is 1. The van der Waals surface area contributed by atoms with E-state index < -0.39 is 27.4 Å². The molecular weight excluding hydrogens is 570 g/mol. The lowest BCUT2D eigenvalue weighted by Gasteiger charge is -2.20. The molecule has 4 rings (SSSR count). The first kappa shape index (κ1) is 31.1. The number of sulfone groups is 1. The predicted octanol–water partition coefficient (Wildman–Crippen LogP) is 4.35. The standard InChI is InChI=1S/C30H33N7O5S/c1-17-8-21-10-20(11-25(43(7,40)41)27(21)32-13-17)15-37-16-23(24(12-31)36-37)28(38)33-14-22-18(2)9-26(34-19(22)3)35-29(39)42-30(4,5)6/h8-11,13,16H,14-15H2,1-7H3,(H,33,38)(H,34,35,39). The first-order valence-electron chi connectivity index (χ1n) is 13.4. The van der Waals surface area contributed by atoms with Gasteiger partial charge in [0.05, 0.1) is 22.5 Å². The van der Waals surface area contributed by atoms with E-state index in [1.54, 1.807) is 40.0 Å². The maximum atomic E-state index is 13.1. The SMILES string of the molecule is Cc1cnc2c(S(C)(=O)=O)cc(Cn3cc(C(=O)NCc4c(C)cc(NC(=O)OC(C)(C)C)nc4C)c(C#N)n3)cc2c1. The molecular formula is C30H33N7O5S. The van der Waals surface area contributed by atoms with E-state index in [9.17, 15) is 23.3 Å². The topological polar surface area (TPSA) is 169 Å². The van der Waals surface area contributed by atoms with Gasteiger partial charge in [-0.25, -0.2) is 18.2 Å². The molecule has 0 unspecified atom stereocenters. The van der Waals surface area contributed by atoms with Gasteiger partial charge in [-0.15, -0.1) is 0 Å². The van der Waals surface area contributed by atoms with Gasteiger partial charge in [0.2, 0.25) is 0 Å². The molecule has 4 aromatic rings. The number of hydrogen-bond acceptors (Lipinski definition) is 9. The van der Waals surface area contributed by atoms with E-state index in [2.05, 4.69) is 25.7 Å². The van der Waals surface area contributed by atoms with Crippen LogP contribution in [-0.2, 0) is 27.7 Å². The number of nitrogens with one attached hydrogen (secondary N) is 2. The van der Waals surface area contributed by atoms with Crippen molar-refractivity contribution in [3.05, 3.63) is 75.9 Å². The van der Waals surface area contributed by atoms with Crippen molar-refractivity contribution < 1.29 is 22.7 Å². The molecule has 2 N–H and O–H groups in total. The number of fused-ring (bicyclic) bond motifs is 1. The summed E-state index contributed by atoms with van der Waals surface area (Å²) in [5.41, 5.74) is 3.38. The van der Waals surface area contributed by atoms with Crippen LogP contribution in [0.2, 0.25) is 0 Å². The van der Waals surface area contributed by atoms with Crippen molar-refractivity contribution in [1.29, 1.82) is 5.26 Å². The smallest absolute Gasteiger partial charge is 0.413 e. The molecule has 43 heavy (non-hydrogen) atoms. The fraction of sp³-hybridized carbons (Fsp3) is 0.333. The molecule has 0 radical (unpaired) electrons. The fourth-order valence-corrected chi connectivity index (χ4v) is 5.45. The molecule has 1 aromatic carbocycles. The third-order valence-corrected chi connectivity index (χ3v) is 7.52. The Kier molecular flexibility index (Phi) is 8.54. The number of carbonyl (C=O) groups is 2. The Morgan fingerprint density at radius 3 is 2.47 bits per heavy atom. The van der Waals surface area contributed by atoms with Crippen LogP contribution in [0.25, 0.3) is 10.9 Å². The highest BCUT2D eigenvalue weighted by atomic mass is 32.2. The van der Waals surface area contributed by atoms with Crippen LogP contribution in [0.3, 0.4) is 0 Å². The second-order valence-corrected chi connectivity index (χ2v) is 13.3. The predicted molar refractivity (Wildman–Crippen MR) is 160 cm³/mol. The number of amides is 2. The van der Waals surface area contributed by atoms with Crippen LogP contribution in [0.15, 0.2) is 41.6 Å². The highest BCUT2D eigenvalue weighted by molar-refractivity contribution is 7.91. The molecule has 0 aliphatic rings. The summed E-state index contributed by atoms with van der Waals surface area (Å²) in [4.78, 5) is 34.1. The lowest BCUT2D eigenvalue weighted by Crippen LogP contribution is -2.28. The number of aryl methyl sites for hydroxylation is 3. The van der Waals surface area contributed by atoms with Gasteiger partial charge in [0.25, 0.3) is 5.91 Å². The van der Waals surface area contributed by atoms with Gasteiger partial charge < -0.3 is 10.1 Å². The number of rotatable bonds is 7. The van der Waals surface area contributed by atoms with Crippen LogP contribution in [0.5, 0.6) is 0 Å². The van der Waals surface area contributed by atoms with E-state index in [4.69, 9.17) is 4.74 Å². The van der Waals surface area contributed by atoms with E-state index >= 15 is 0 Å². The van der Waals surface area contributed by atoms with Crippen LogP contribution in [0.1, 0.15) is 64.8 Å². The maximum Gasteiger partial charge on any atom is 0.413 e. The number of nitriles is 1. The third-order valence-electron chi connectivity index (χ3n) is 6.41.